The molecule has 3 atom stereocenters. The molecule has 0 aromatic carbocycles. The molecule has 0 amide bonds. The third-order valence-electron chi connectivity index (χ3n) is 2.42. The molecule has 0 spiro atoms. The Balaban J connectivity index is 3.94. The van der Waals surface area contributed by atoms with Crippen LogP contribution in [0.4, 0.5) is 0 Å². The third kappa shape index (κ3) is 9.63. The second-order valence-electron chi connectivity index (χ2n) is 4.72. The van der Waals surface area contributed by atoms with Gasteiger partial charge < -0.3 is 32.4 Å². The summed E-state index contributed by atoms with van der Waals surface area (Å²) in [5.74, 6) is -1.13. The quantitative estimate of drug-likeness (QED) is 0.167. The number of hydrogen-bond acceptors (Lipinski definition) is 7. The number of carbonyl (C=O) groups is 2. The zero-order chi connectivity index (χ0) is 16.4. The standard InChI is InChI=1S/C12H25N5O4/c1-7(6-20-10(18)8(2)13)21-11(19)9(14)4-3-5-17-12(15)16/h7-9H,3-6,13-14H2,1-2H3,(H4,15,16,17)/t7?,8-,9-/m0/s1. The van der Waals surface area contributed by atoms with Crippen LogP contribution in [-0.4, -0.2) is 49.2 Å². The molecule has 21 heavy (non-hydrogen) atoms. The Morgan fingerprint density at radius 3 is 2.29 bits per heavy atom. The molecule has 0 rings (SSSR count). The lowest BCUT2D eigenvalue weighted by atomic mass is 10.2. The lowest BCUT2D eigenvalue weighted by Crippen LogP contribution is -2.37. The van der Waals surface area contributed by atoms with Gasteiger partial charge in [0.1, 0.15) is 24.8 Å². The second-order valence-corrected chi connectivity index (χ2v) is 4.72. The van der Waals surface area contributed by atoms with Crippen molar-refractivity contribution in [2.75, 3.05) is 13.2 Å². The minimum Gasteiger partial charge on any atom is -0.461 e. The molecule has 122 valence electrons. The lowest BCUT2D eigenvalue weighted by molar-refractivity contribution is -0.159. The van der Waals surface area contributed by atoms with Gasteiger partial charge in [-0.2, -0.15) is 0 Å². The Bertz CT molecular complexity index is 369. The minimum absolute atomic E-state index is 0.00396. The van der Waals surface area contributed by atoms with Crippen LogP contribution in [0.5, 0.6) is 0 Å². The van der Waals surface area contributed by atoms with Crippen molar-refractivity contribution in [2.24, 2.45) is 27.9 Å². The number of aliphatic imine (C=N–C) groups is 1. The highest BCUT2D eigenvalue weighted by atomic mass is 16.6. The molecular formula is C12H25N5O4. The Labute approximate surface area is 124 Å². The van der Waals surface area contributed by atoms with Crippen molar-refractivity contribution in [2.45, 2.75) is 44.9 Å². The summed E-state index contributed by atoms with van der Waals surface area (Å²) in [4.78, 5) is 26.6. The van der Waals surface area contributed by atoms with Gasteiger partial charge in [-0.25, -0.2) is 0 Å². The predicted octanol–water partition coefficient (Wildman–Crippen LogP) is -1.81. The topological polar surface area (TPSA) is 169 Å². The van der Waals surface area contributed by atoms with Crippen molar-refractivity contribution in [1.82, 2.24) is 0 Å². The van der Waals surface area contributed by atoms with Gasteiger partial charge in [0.25, 0.3) is 0 Å². The van der Waals surface area contributed by atoms with Crippen LogP contribution < -0.4 is 22.9 Å². The van der Waals surface area contributed by atoms with Crippen LogP contribution in [0, 0.1) is 0 Å². The highest BCUT2D eigenvalue weighted by molar-refractivity contribution is 5.76. The van der Waals surface area contributed by atoms with Crippen molar-refractivity contribution in [3.63, 3.8) is 0 Å². The van der Waals surface area contributed by atoms with Crippen LogP contribution in [0.2, 0.25) is 0 Å². The summed E-state index contributed by atoms with van der Waals surface area (Å²) in [6.07, 6.45) is 0.355. The average molecular weight is 303 g/mol. The molecule has 8 N–H and O–H groups in total. The van der Waals surface area contributed by atoms with Gasteiger partial charge in [0, 0.05) is 6.54 Å². The number of esters is 2. The van der Waals surface area contributed by atoms with Crippen molar-refractivity contribution in [3.8, 4) is 0 Å². The largest absolute Gasteiger partial charge is 0.461 e. The third-order valence-corrected chi connectivity index (χ3v) is 2.42. The van der Waals surface area contributed by atoms with Gasteiger partial charge >= 0.3 is 11.9 Å². The van der Waals surface area contributed by atoms with E-state index in [4.69, 9.17) is 32.4 Å². The SMILES string of the molecule is CC(COC(=O)[C@H](C)N)OC(=O)[C@@H](N)CCCN=C(N)N. The molecule has 0 saturated carbocycles. The van der Waals surface area contributed by atoms with Crippen LogP contribution >= 0.6 is 0 Å². The number of guanidine groups is 1. The summed E-state index contributed by atoms with van der Waals surface area (Å²) < 4.78 is 9.90. The first kappa shape index (κ1) is 19.1. The molecule has 0 saturated heterocycles. The van der Waals surface area contributed by atoms with Crippen LogP contribution in [0.3, 0.4) is 0 Å². The van der Waals surface area contributed by atoms with E-state index in [2.05, 4.69) is 4.99 Å². The average Bonchev–Trinajstić information content (AvgIpc) is 2.40. The predicted molar refractivity (Wildman–Crippen MR) is 78.0 cm³/mol. The fraction of sp³-hybridized carbons (Fsp3) is 0.750. The van der Waals surface area contributed by atoms with Gasteiger partial charge in [0.2, 0.25) is 0 Å². The molecule has 9 nitrogen and oxygen atoms in total. The van der Waals surface area contributed by atoms with Gasteiger partial charge in [-0.15, -0.1) is 0 Å². The van der Waals surface area contributed by atoms with Crippen LogP contribution in [-0.2, 0) is 19.1 Å². The fourth-order valence-electron chi connectivity index (χ4n) is 1.29. The zero-order valence-electron chi connectivity index (χ0n) is 12.5. The maximum atomic E-state index is 11.7. The number of nitrogens with zero attached hydrogens (tertiary/aromatic N) is 1. The minimum atomic E-state index is -0.772. The number of hydrogen-bond donors (Lipinski definition) is 4. The molecule has 0 aromatic heterocycles. The van der Waals surface area contributed by atoms with Gasteiger partial charge in [0.05, 0.1) is 0 Å². The Morgan fingerprint density at radius 2 is 1.76 bits per heavy atom. The number of carbonyl (C=O) groups excluding carboxylic acids is 2. The van der Waals surface area contributed by atoms with Gasteiger partial charge in [-0.1, -0.05) is 0 Å². The molecule has 0 bridgehead atoms. The second kappa shape index (κ2) is 9.94. The molecule has 0 aromatic rings. The number of ether oxygens (including phenoxy) is 2. The monoisotopic (exact) mass is 303 g/mol. The van der Waals surface area contributed by atoms with Crippen molar-refractivity contribution in [3.05, 3.63) is 0 Å². The first-order chi connectivity index (χ1) is 9.73. The molecule has 9 heteroatoms. The first-order valence-electron chi connectivity index (χ1n) is 6.67. The van der Waals surface area contributed by atoms with Gasteiger partial charge in [-0.05, 0) is 26.7 Å². The molecule has 0 fully saturated rings. The highest BCUT2D eigenvalue weighted by Gasteiger charge is 2.19. The normalized spacial score (nSPS) is 14.7. The van der Waals surface area contributed by atoms with Crippen LogP contribution in [0.15, 0.2) is 4.99 Å². The molecule has 0 aliphatic rings. The molecule has 0 aliphatic carbocycles. The molecule has 0 aliphatic heterocycles. The zero-order valence-corrected chi connectivity index (χ0v) is 12.5. The van der Waals surface area contributed by atoms with E-state index in [0.717, 1.165) is 0 Å². The van der Waals surface area contributed by atoms with Gasteiger partial charge in [-0.3, -0.25) is 14.6 Å². The van der Waals surface area contributed by atoms with Crippen molar-refractivity contribution < 1.29 is 19.1 Å². The van der Waals surface area contributed by atoms with Crippen LogP contribution in [0.1, 0.15) is 26.7 Å². The lowest BCUT2D eigenvalue weighted by Gasteiger charge is -2.17. The summed E-state index contributed by atoms with van der Waals surface area (Å²) in [5, 5.41) is 0. The van der Waals surface area contributed by atoms with E-state index in [0.29, 0.717) is 19.4 Å². The molecule has 0 heterocycles. The summed E-state index contributed by atoms with van der Waals surface area (Å²) in [6.45, 7) is 3.43. The van der Waals surface area contributed by atoms with Crippen molar-refractivity contribution >= 4 is 17.9 Å². The Morgan fingerprint density at radius 1 is 1.14 bits per heavy atom. The summed E-state index contributed by atoms with van der Waals surface area (Å²) in [5.41, 5.74) is 21.3. The molecule has 0 radical (unpaired) electrons. The summed E-state index contributed by atoms with van der Waals surface area (Å²) >= 11 is 0. The molecule has 1 unspecified atom stereocenters. The van der Waals surface area contributed by atoms with E-state index in [9.17, 15) is 9.59 Å². The first-order valence-corrected chi connectivity index (χ1v) is 6.67. The van der Waals surface area contributed by atoms with Crippen LogP contribution in [0.25, 0.3) is 0 Å². The van der Waals surface area contributed by atoms with E-state index in [-0.39, 0.29) is 12.6 Å². The Hall–Kier alpha value is -1.87. The van der Waals surface area contributed by atoms with E-state index in [1.165, 1.54) is 6.92 Å². The fourth-order valence-corrected chi connectivity index (χ4v) is 1.29. The van der Waals surface area contributed by atoms with Crippen molar-refractivity contribution in [1.29, 1.82) is 0 Å². The van der Waals surface area contributed by atoms with Gasteiger partial charge in [0.15, 0.2) is 5.96 Å². The maximum Gasteiger partial charge on any atom is 0.323 e. The summed E-state index contributed by atoms with van der Waals surface area (Å²) in [7, 11) is 0. The van der Waals surface area contributed by atoms with E-state index in [1.807, 2.05) is 0 Å². The summed E-state index contributed by atoms with van der Waals surface area (Å²) in [6, 6.07) is -1.49. The number of rotatable bonds is 9. The highest BCUT2D eigenvalue weighted by Crippen LogP contribution is 2.02. The number of nitrogens with two attached hydrogens (primary N) is 4. The molecular weight excluding hydrogens is 278 g/mol. The Kier molecular flexibility index (Phi) is 9.06. The smallest absolute Gasteiger partial charge is 0.323 e. The van der Waals surface area contributed by atoms with E-state index in [1.54, 1.807) is 6.92 Å². The van der Waals surface area contributed by atoms with E-state index < -0.39 is 30.1 Å². The van der Waals surface area contributed by atoms with E-state index >= 15 is 0 Å². The maximum absolute atomic E-state index is 11.7.